The van der Waals surface area contributed by atoms with E-state index in [0.29, 0.717) is 17.5 Å². The maximum absolute atomic E-state index is 12.5. The van der Waals surface area contributed by atoms with Crippen molar-refractivity contribution in [2.24, 2.45) is 5.92 Å². The van der Waals surface area contributed by atoms with Crippen molar-refractivity contribution in [3.05, 3.63) is 28.0 Å². The van der Waals surface area contributed by atoms with E-state index in [4.69, 9.17) is 23.2 Å². The molecule has 3 rings (SSSR count). The molecular formula is C13H14Cl2N2O. The molecule has 2 aliphatic carbocycles. The first-order valence-electron chi connectivity index (χ1n) is 6.27. The van der Waals surface area contributed by atoms with Crippen LogP contribution in [0.3, 0.4) is 0 Å². The minimum absolute atomic E-state index is 0.0376. The number of nitrogens with zero attached hydrogens (tertiary/aromatic N) is 2. The van der Waals surface area contributed by atoms with Crippen molar-refractivity contribution in [3.63, 3.8) is 0 Å². The van der Waals surface area contributed by atoms with E-state index in [1.807, 2.05) is 4.90 Å². The van der Waals surface area contributed by atoms with Gasteiger partial charge in [-0.15, -0.1) is 0 Å². The van der Waals surface area contributed by atoms with Crippen molar-refractivity contribution in [3.8, 4) is 0 Å². The molecule has 1 heterocycles. The van der Waals surface area contributed by atoms with Gasteiger partial charge in [-0.05, 0) is 43.7 Å². The number of carbonyl (C=O) groups excluding carboxylic acids is 1. The van der Waals surface area contributed by atoms with Gasteiger partial charge in [0.05, 0.1) is 0 Å². The summed E-state index contributed by atoms with van der Waals surface area (Å²) in [5.74, 6) is 0.734. The molecule has 0 bridgehead atoms. The number of aromatic nitrogens is 1. The third kappa shape index (κ3) is 2.78. The van der Waals surface area contributed by atoms with Gasteiger partial charge in [0, 0.05) is 18.2 Å². The Morgan fingerprint density at radius 1 is 1.22 bits per heavy atom. The van der Waals surface area contributed by atoms with Gasteiger partial charge in [0.1, 0.15) is 10.3 Å². The van der Waals surface area contributed by atoms with E-state index >= 15 is 0 Å². The summed E-state index contributed by atoms with van der Waals surface area (Å²) in [5.41, 5.74) is 0.549. The molecule has 5 heteroatoms. The van der Waals surface area contributed by atoms with Crippen LogP contribution in [0.2, 0.25) is 10.3 Å². The van der Waals surface area contributed by atoms with E-state index in [2.05, 4.69) is 4.98 Å². The predicted molar refractivity (Wildman–Crippen MR) is 71.0 cm³/mol. The van der Waals surface area contributed by atoms with E-state index < -0.39 is 0 Å². The van der Waals surface area contributed by atoms with Crippen molar-refractivity contribution in [1.82, 2.24) is 9.88 Å². The van der Waals surface area contributed by atoms with Crippen molar-refractivity contribution >= 4 is 29.1 Å². The average Bonchev–Trinajstić information content (AvgIpc) is 3.15. The zero-order valence-electron chi connectivity index (χ0n) is 9.90. The smallest absolute Gasteiger partial charge is 0.254 e. The maximum atomic E-state index is 12.5. The van der Waals surface area contributed by atoms with Crippen LogP contribution in [0.1, 0.15) is 36.0 Å². The Labute approximate surface area is 116 Å². The average molecular weight is 285 g/mol. The molecule has 0 unspecified atom stereocenters. The second-order valence-corrected chi connectivity index (χ2v) is 5.91. The van der Waals surface area contributed by atoms with Crippen LogP contribution in [0.4, 0.5) is 0 Å². The molecule has 0 radical (unpaired) electrons. The third-order valence-corrected chi connectivity index (χ3v) is 3.80. The third-order valence-electron chi connectivity index (χ3n) is 3.41. The van der Waals surface area contributed by atoms with Gasteiger partial charge in [0.15, 0.2) is 0 Å². The molecule has 1 aromatic rings. The molecule has 1 amide bonds. The van der Waals surface area contributed by atoms with Crippen LogP contribution in [0.5, 0.6) is 0 Å². The number of halogens is 2. The summed E-state index contributed by atoms with van der Waals surface area (Å²) in [4.78, 5) is 18.3. The fourth-order valence-corrected chi connectivity index (χ4v) is 2.58. The number of hydrogen-bond donors (Lipinski definition) is 0. The molecule has 2 fully saturated rings. The van der Waals surface area contributed by atoms with E-state index in [9.17, 15) is 4.79 Å². The number of rotatable bonds is 4. The van der Waals surface area contributed by atoms with Crippen LogP contribution in [-0.2, 0) is 0 Å². The van der Waals surface area contributed by atoms with Crippen LogP contribution in [0.25, 0.3) is 0 Å². The minimum atomic E-state index is 0.0376. The number of pyridine rings is 1. The maximum Gasteiger partial charge on any atom is 0.254 e. The fourth-order valence-electron chi connectivity index (χ4n) is 2.12. The Hall–Kier alpha value is -0.800. The quantitative estimate of drug-likeness (QED) is 0.794. The molecule has 0 atom stereocenters. The Morgan fingerprint density at radius 2 is 1.83 bits per heavy atom. The minimum Gasteiger partial charge on any atom is -0.335 e. The second-order valence-electron chi connectivity index (χ2n) is 5.13. The van der Waals surface area contributed by atoms with Crippen LogP contribution in [-0.4, -0.2) is 28.4 Å². The summed E-state index contributed by atoms with van der Waals surface area (Å²) in [6, 6.07) is 3.61. The van der Waals surface area contributed by atoms with Gasteiger partial charge in [-0.1, -0.05) is 23.2 Å². The van der Waals surface area contributed by atoms with Crippen LogP contribution < -0.4 is 0 Å². The lowest BCUT2D eigenvalue weighted by Crippen LogP contribution is -2.34. The number of carbonyl (C=O) groups is 1. The second kappa shape index (κ2) is 4.71. The highest BCUT2D eigenvalue weighted by molar-refractivity contribution is 6.33. The molecular weight excluding hydrogens is 271 g/mol. The summed E-state index contributed by atoms with van der Waals surface area (Å²) in [5, 5.41) is 0.543. The molecule has 3 nitrogen and oxygen atoms in total. The molecule has 0 N–H and O–H groups in total. The van der Waals surface area contributed by atoms with Gasteiger partial charge < -0.3 is 4.90 Å². The standard InChI is InChI=1S/C13H14Cl2N2O/c14-11-5-9(6-12(15)16-11)13(18)17(10-3-4-10)7-8-1-2-8/h5-6,8,10H,1-4,7H2. The Kier molecular flexibility index (Phi) is 3.20. The van der Waals surface area contributed by atoms with E-state index in [1.54, 1.807) is 12.1 Å². The van der Waals surface area contributed by atoms with Crippen molar-refractivity contribution in [2.75, 3.05) is 6.54 Å². The molecule has 18 heavy (non-hydrogen) atoms. The Morgan fingerprint density at radius 3 is 2.33 bits per heavy atom. The molecule has 0 aromatic carbocycles. The lowest BCUT2D eigenvalue weighted by Gasteiger charge is -2.22. The molecule has 96 valence electrons. The lowest BCUT2D eigenvalue weighted by molar-refractivity contribution is 0.0734. The zero-order chi connectivity index (χ0) is 12.7. The summed E-state index contributed by atoms with van der Waals surface area (Å²) in [7, 11) is 0. The van der Waals surface area contributed by atoms with Gasteiger partial charge in [-0.2, -0.15) is 0 Å². The van der Waals surface area contributed by atoms with Gasteiger partial charge in [-0.25, -0.2) is 4.98 Å². The lowest BCUT2D eigenvalue weighted by atomic mass is 10.2. The fraction of sp³-hybridized carbons (Fsp3) is 0.538. The predicted octanol–water partition coefficient (Wildman–Crippen LogP) is 3.40. The number of amides is 1. The molecule has 1 aromatic heterocycles. The molecule has 2 aliphatic rings. The highest BCUT2D eigenvalue weighted by atomic mass is 35.5. The van der Waals surface area contributed by atoms with Crippen LogP contribution in [0.15, 0.2) is 12.1 Å². The first-order chi connectivity index (χ1) is 8.63. The number of hydrogen-bond acceptors (Lipinski definition) is 2. The van der Waals surface area contributed by atoms with E-state index in [-0.39, 0.29) is 16.2 Å². The Bertz CT molecular complexity index is 464. The largest absolute Gasteiger partial charge is 0.335 e. The van der Waals surface area contributed by atoms with Crippen molar-refractivity contribution < 1.29 is 4.79 Å². The molecule has 0 saturated heterocycles. The SMILES string of the molecule is O=C(c1cc(Cl)nc(Cl)c1)N(CC1CC1)C1CC1. The van der Waals surface area contributed by atoms with Crippen LogP contribution >= 0.6 is 23.2 Å². The zero-order valence-corrected chi connectivity index (χ0v) is 11.4. The van der Waals surface area contributed by atoms with Crippen LogP contribution in [0, 0.1) is 5.92 Å². The highest BCUT2D eigenvalue weighted by Crippen LogP contribution is 2.35. The normalized spacial score (nSPS) is 18.8. The summed E-state index contributed by atoms with van der Waals surface area (Å²) in [6.07, 6.45) is 4.72. The first kappa shape index (κ1) is 12.2. The summed E-state index contributed by atoms with van der Waals surface area (Å²) < 4.78 is 0. The van der Waals surface area contributed by atoms with Gasteiger partial charge in [0.2, 0.25) is 0 Å². The van der Waals surface area contributed by atoms with Gasteiger partial charge in [0.25, 0.3) is 5.91 Å². The monoisotopic (exact) mass is 284 g/mol. The highest BCUT2D eigenvalue weighted by Gasteiger charge is 2.36. The van der Waals surface area contributed by atoms with Crippen molar-refractivity contribution in [1.29, 1.82) is 0 Å². The van der Waals surface area contributed by atoms with Gasteiger partial charge >= 0.3 is 0 Å². The first-order valence-corrected chi connectivity index (χ1v) is 7.03. The molecule has 0 aliphatic heterocycles. The van der Waals surface area contributed by atoms with E-state index in [1.165, 1.54) is 12.8 Å². The molecule has 2 saturated carbocycles. The summed E-state index contributed by atoms with van der Waals surface area (Å²) >= 11 is 11.7. The van der Waals surface area contributed by atoms with E-state index in [0.717, 1.165) is 19.4 Å². The topological polar surface area (TPSA) is 33.2 Å². The van der Waals surface area contributed by atoms with Crippen molar-refractivity contribution in [2.45, 2.75) is 31.7 Å². The Balaban J connectivity index is 1.81. The van der Waals surface area contributed by atoms with Gasteiger partial charge in [-0.3, -0.25) is 4.79 Å². The molecule has 0 spiro atoms. The summed E-state index contributed by atoms with van der Waals surface area (Å²) in [6.45, 7) is 0.876.